The van der Waals surface area contributed by atoms with Crippen LogP contribution in [-0.4, -0.2) is 10.9 Å². The average Bonchev–Trinajstić information content (AvgIpc) is 3.33. The van der Waals surface area contributed by atoms with Gasteiger partial charge in [0.1, 0.15) is 23.0 Å². The lowest BCUT2D eigenvalue weighted by Crippen LogP contribution is -2.26. The number of hydrogen-bond acceptors (Lipinski definition) is 4. The molecule has 0 aliphatic rings. The summed E-state index contributed by atoms with van der Waals surface area (Å²) in [4.78, 5) is 16.3. The number of benzene rings is 2. The first-order chi connectivity index (χ1) is 14.0. The van der Waals surface area contributed by atoms with Gasteiger partial charge in [0.15, 0.2) is 11.7 Å². The van der Waals surface area contributed by atoms with Crippen LogP contribution in [0.15, 0.2) is 63.6 Å². The van der Waals surface area contributed by atoms with Gasteiger partial charge in [-0.2, -0.15) is 0 Å². The molecule has 29 heavy (non-hydrogen) atoms. The van der Waals surface area contributed by atoms with Gasteiger partial charge in [-0.25, -0.2) is 13.8 Å². The maximum atomic E-state index is 13.8. The number of nitrogens with zero attached hydrogens (tertiary/aromatic N) is 1. The van der Waals surface area contributed by atoms with Crippen LogP contribution in [-0.2, 0) is 11.2 Å². The van der Waals surface area contributed by atoms with Gasteiger partial charge in [-0.15, -0.1) is 0 Å². The molecule has 0 aliphatic heterocycles. The second kappa shape index (κ2) is 7.87. The number of amides is 1. The predicted octanol–water partition coefficient (Wildman–Crippen LogP) is 5.18. The van der Waals surface area contributed by atoms with Gasteiger partial charge in [0.25, 0.3) is 0 Å². The van der Waals surface area contributed by atoms with Crippen molar-refractivity contribution in [2.75, 3.05) is 0 Å². The lowest BCUT2D eigenvalue weighted by Gasteiger charge is -2.10. The Morgan fingerprint density at radius 2 is 1.97 bits per heavy atom. The van der Waals surface area contributed by atoms with E-state index in [1.165, 1.54) is 12.3 Å². The number of aryl methyl sites for hydroxylation is 1. The van der Waals surface area contributed by atoms with E-state index in [0.717, 1.165) is 23.1 Å². The minimum absolute atomic E-state index is 0.119. The molecule has 1 N–H and O–H groups in total. The van der Waals surface area contributed by atoms with E-state index in [4.69, 9.17) is 8.83 Å². The van der Waals surface area contributed by atoms with E-state index in [2.05, 4.69) is 10.3 Å². The predicted molar refractivity (Wildman–Crippen MR) is 103 cm³/mol. The van der Waals surface area contributed by atoms with Crippen molar-refractivity contribution in [2.45, 2.75) is 25.8 Å². The van der Waals surface area contributed by atoms with Crippen LogP contribution >= 0.6 is 0 Å². The van der Waals surface area contributed by atoms with Gasteiger partial charge in [-0.05, 0) is 31.2 Å². The molecular weight excluding hydrogens is 378 g/mol. The molecule has 148 valence electrons. The number of hydrogen-bond donors (Lipinski definition) is 1. The molecule has 5 nitrogen and oxygen atoms in total. The van der Waals surface area contributed by atoms with E-state index >= 15 is 0 Å². The molecule has 1 unspecified atom stereocenters. The summed E-state index contributed by atoms with van der Waals surface area (Å²) in [5, 5.41) is 3.85. The van der Waals surface area contributed by atoms with Crippen molar-refractivity contribution in [1.29, 1.82) is 0 Å². The zero-order valence-corrected chi connectivity index (χ0v) is 15.6. The molecule has 4 aromatic rings. The van der Waals surface area contributed by atoms with E-state index in [-0.39, 0.29) is 36.1 Å². The lowest BCUT2D eigenvalue weighted by molar-refractivity contribution is -0.121. The number of carbonyl (C=O) groups excluding carboxylic acids is 1. The van der Waals surface area contributed by atoms with Gasteiger partial charge in [-0.3, -0.25) is 4.79 Å². The Kier molecular flexibility index (Phi) is 5.12. The highest BCUT2D eigenvalue weighted by molar-refractivity contribution is 5.79. The molecule has 0 aliphatic carbocycles. The summed E-state index contributed by atoms with van der Waals surface area (Å²) in [5.41, 5.74) is 0.886. The van der Waals surface area contributed by atoms with Crippen molar-refractivity contribution in [3.05, 3.63) is 78.0 Å². The fraction of sp³-hybridized carbons (Fsp3) is 0.182. The minimum atomic E-state index is -0.731. The van der Waals surface area contributed by atoms with E-state index in [0.29, 0.717) is 11.7 Å². The van der Waals surface area contributed by atoms with Crippen LogP contribution in [0.2, 0.25) is 0 Å². The molecule has 2 heterocycles. The Hall–Kier alpha value is -3.48. The first kappa shape index (κ1) is 18.9. The molecule has 7 heteroatoms. The van der Waals surface area contributed by atoms with Crippen LogP contribution in [0.5, 0.6) is 0 Å². The topological polar surface area (TPSA) is 68.3 Å². The Labute approximate surface area is 165 Å². The molecular formula is C22H18F2N2O3. The Balaban J connectivity index is 1.35. The quantitative estimate of drug-likeness (QED) is 0.488. The first-order valence-electron chi connectivity index (χ1n) is 9.17. The smallest absolute Gasteiger partial charge is 0.221 e. The summed E-state index contributed by atoms with van der Waals surface area (Å²) in [6.45, 7) is 1.84. The summed E-state index contributed by atoms with van der Waals surface area (Å²) in [6, 6.07) is 12.5. The number of oxazole rings is 1. The molecule has 1 amide bonds. The maximum absolute atomic E-state index is 13.8. The number of aromatic nitrogens is 1. The average molecular weight is 396 g/mol. The number of halogens is 2. The number of furan rings is 1. The third kappa shape index (κ3) is 4.18. The highest BCUT2D eigenvalue weighted by Gasteiger charge is 2.16. The zero-order chi connectivity index (χ0) is 20.4. The molecule has 1 atom stereocenters. The van der Waals surface area contributed by atoms with Gasteiger partial charge >= 0.3 is 0 Å². The molecule has 0 bridgehead atoms. The molecule has 0 radical (unpaired) electrons. The van der Waals surface area contributed by atoms with Crippen molar-refractivity contribution in [1.82, 2.24) is 10.3 Å². The van der Waals surface area contributed by atoms with Gasteiger partial charge < -0.3 is 14.2 Å². The summed E-state index contributed by atoms with van der Waals surface area (Å²) < 4.78 is 38.1. The number of nitrogens with one attached hydrogen (secondary N) is 1. The molecule has 0 spiro atoms. The second-order valence-electron chi connectivity index (χ2n) is 6.72. The number of carbonyl (C=O) groups is 1. The maximum Gasteiger partial charge on any atom is 0.221 e. The van der Waals surface area contributed by atoms with Crippen LogP contribution in [0, 0.1) is 11.6 Å². The molecule has 2 aromatic heterocycles. The second-order valence-corrected chi connectivity index (χ2v) is 6.72. The SMILES string of the molecule is CC(NC(=O)CCc1ncc(-c2ccc(F)cc2F)o1)c1cc2ccccc2o1. The zero-order valence-electron chi connectivity index (χ0n) is 15.6. The van der Waals surface area contributed by atoms with Crippen molar-refractivity contribution in [3.8, 4) is 11.3 Å². The monoisotopic (exact) mass is 396 g/mol. The Morgan fingerprint density at radius 1 is 1.14 bits per heavy atom. The fourth-order valence-corrected chi connectivity index (χ4v) is 3.06. The van der Waals surface area contributed by atoms with Crippen molar-refractivity contribution >= 4 is 16.9 Å². The number of rotatable bonds is 6. The van der Waals surface area contributed by atoms with Crippen LogP contribution in [0.3, 0.4) is 0 Å². The van der Waals surface area contributed by atoms with E-state index in [9.17, 15) is 13.6 Å². The third-order valence-corrected chi connectivity index (χ3v) is 4.56. The summed E-state index contributed by atoms with van der Waals surface area (Å²) >= 11 is 0. The summed E-state index contributed by atoms with van der Waals surface area (Å²) in [6.07, 6.45) is 1.76. The largest absolute Gasteiger partial charge is 0.459 e. The van der Waals surface area contributed by atoms with Crippen molar-refractivity contribution < 1.29 is 22.4 Å². The molecule has 0 saturated heterocycles. The third-order valence-electron chi connectivity index (χ3n) is 4.56. The lowest BCUT2D eigenvalue weighted by atomic mass is 10.2. The van der Waals surface area contributed by atoms with Gasteiger partial charge in [0.2, 0.25) is 5.91 Å². The van der Waals surface area contributed by atoms with E-state index < -0.39 is 11.6 Å². The highest BCUT2D eigenvalue weighted by atomic mass is 19.1. The molecule has 0 saturated carbocycles. The van der Waals surface area contributed by atoms with Crippen LogP contribution in [0.1, 0.15) is 31.0 Å². The standard InChI is InChI=1S/C22H18F2N2O3/c1-13(19-10-14-4-2-3-5-18(14)28-19)26-21(27)8-9-22-25-12-20(29-22)16-7-6-15(23)11-17(16)24/h2-7,10-13H,8-9H2,1H3,(H,26,27). The van der Waals surface area contributed by atoms with Gasteiger partial charge in [0, 0.05) is 24.3 Å². The minimum Gasteiger partial charge on any atom is -0.459 e. The van der Waals surface area contributed by atoms with Crippen molar-refractivity contribution in [3.63, 3.8) is 0 Å². The van der Waals surface area contributed by atoms with E-state index in [1.54, 1.807) is 0 Å². The Bertz CT molecular complexity index is 1130. The van der Waals surface area contributed by atoms with Gasteiger partial charge in [0.05, 0.1) is 17.8 Å². The number of para-hydroxylation sites is 1. The fourth-order valence-electron chi connectivity index (χ4n) is 3.06. The molecule has 2 aromatic carbocycles. The summed E-state index contributed by atoms with van der Waals surface area (Å²) in [5.74, 6) is -0.425. The normalized spacial score (nSPS) is 12.2. The molecule has 0 fully saturated rings. The summed E-state index contributed by atoms with van der Waals surface area (Å²) in [7, 11) is 0. The van der Waals surface area contributed by atoms with Crippen LogP contribution in [0.25, 0.3) is 22.3 Å². The van der Waals surface area contributed by atoms with E-state index in [1.807, 2.05) is 37.3 Å². The van der Waals surface area contributed by atoms with Crippen LogP contribution < -0.4 is 5.32 Å². The highest BCUT2D eigenvalue weighted by Crippen LogP contribution is 2.25. The Morgan fingerprint density at radius 3 is 2.76 bits per heavy atom. The van der Waals surface area contributed by atoms with Crippen LogP contribution in [0.4, 0.5) is 8.78 Å². The van der Waals surface area contributed by atoms with Gasteiger partial charge in [-0.1, -0.05) is 18.2 Å². The molecule has 4 rings (SSSR count). The van der Waals surface area contributed by atoms with Crippen molar-refractivity contribution in [2.24, 2.45) is 0 Å². The first-order valence-corrected chi connectivity index (χ1v) is 9.17. The number of fused-ring (bicyclic) bond motifs is 1.